The predicted octanol–water partition coefficient (Wildman–Crippen LogP) is 0.947. The van der Waals surface area contributed by atoms with Crippen LogP contribution in [0.1, 0.15) is 19.6 Å². The SMILES string of the molecule is C=CCN(CCO)S(=O)(=O)c1ccc(CNC(C)C)o1. The Hall–Kier alpha value is -1.15. The van der Waals surface area contributed by atoms with Crippen LogP contribution in [0.4, 0.5) is 0 Å². The zero-order chi connectivity index (χ0) is 15.2. The first-order valence-electron chi connectivity index (χ1n) is 6.45. The average Bonchev–Trinajstić information content (AvgIpc) is 2.85. The Balaban J connectivity index is 2.88. The Bertz CT molecular complexity index is 522. The van der Waals surface area contributed by atoms with Gasteiger partial charge in [0.25, 0.3) is 10.0 Å². The summed E-state index contributed by atoms with van der Waals surface area (Å²) in [5.74, 6) is 0.555. The van der Waals surface area contributed by atoms with Gasteiger partial charge < -0.3 is 14.8 Å². The molecule has 20 heavy (non-hydrogen) atoms. The molecule has 0 saturated heterocycles. The number of furan rings is 1. The highest BCUT2D eigenvalue weighted by atomic mass is 32.2. The molecule has 0 bridgehead atoms. The van der Waals surface area contributed by atoms with Gasteiger partial charge in [0.05, 0.1) is 13.2 Å². The Morgan fingerprint density at radius 3 is 2.75 bits per heavy atom. The monoisotopic (exact) mass is 302 g/mol. The third-order valence-electron chi connectivity index (χ3n) is 2.60. The van der Waals surface area contributed by atoms with Crippen LogP contribution in [-0.4, -0.2) is 43.6 Å². The molecule has 0 aliphatic carbocycles. The lowest BCUT2D eigenvalue weighted by molar-refractivity contribution is 0.257. The van der Waals surface area contributed by atoms with Crippen molar-refractivity contribution in [3.63, 3.8) is 0 Å². The smallest absolute Gasteiger partial charge is 0.276 e. The van der Waals surface area contributed by atoms with Crippen molar-refractivity contribution in [3.05, 3.63) is 30.5 Å². The summed E-state index contributed by atoms with van der Waals surface area (Å²) >= 11 is 0. The second-order valence-corrected chi connectivity index (χ2v) is 6.50. The van der Waals surface area contributed by atoms with Crippen LogP contribution in [0.25, 0.3) is 0 Å². The van der Waals surface area contributed by atoms with Crippen molar-refractivity contribution >= 4 is 10.0 Å². The molecule has 0 atom stereocenters. The van der Waals surface area contributed by atoms with Gasteiger partial charge in [-0.1, -0.05) is 19.9 Å². The van der Waals surface area contributed by atoms with Gasteiger partial charge in [-0.3, -0.25) is 0 Å². The van der Waals surface area contributed by atoms with E-state index in [1.807, 2.05) is 13.8 Å². The standard InChI is InChI=1S/C13H22N2O4S/c1-4-7-15(8-9-16)20(17,18)13-6-5-12(19-13)10-14-11(2)3/h4-6,11,14,16H,1,7-10H2,2-3H3. The maximum Gasteiger partial charge on any atom is 0.276 e. The molecule has 0 spiro atoms. The van der Waals surface area contributed by atoms with Gasteiger partial charge in [-0.15, -0.1) is 6.58 Å². The zero-order valence-corrected chi connectivity index (χ0v) is 12.7. The fourth-order valence-corrected chi connectivity index (χ4v) is 2.92. The van der Waals surface area contributed by atoms with E-state index in [9.17, 15) is 8.42 Å². The van der Waals surface area contributed by atoms with Crippen LogP contribution < -0.4 is 5.32 Å². The van der Waals surface area contributed by atoms with E-state index in [0.29, 0.717) is 12.3 Å². The minimum atomic E-state index is -3.74. The Kier molecular flexibility index (Phi) is 6.41. The number of hydrogen-bond acceptors (Lipinski definition) is 5. The molecule has 1 rings (SSSR count). The fraction of sp³-hybridized carbons (Fsp3) is 0.538. The van der Waals surface area contributed by atoms with Crippen LogP contribution in [0.3, 0.4) is 0 Å². The van der Waals surface area contributed by atoms with E-state index in [1.165, 1.54) is 12.1 Å². The van der Waals surface area contributed by atoms with E-state index in [2.05, 4.69) is 11.9 Å². The average molecular weight is 302 g/mol. The second kappa shape index (κ2) is 7.58. The van der Waals surface area contributed by atoms with Gasteiger partial charge in [-0.05, 0) is 12.1 Å². The zero-order valence-electron chi connectivity index (χ0n) is 11.9. The van der Waals surface area contributed by atoms with E-state index >= 15 is 0 Å². The van der Waals surface area contributed by atoms with Gasteiger partial charge in [0, 0.05) is 19.1 Å². The third-order valence-corrected chi connectivity index (χ3v) is 4.34. The first kappa shape index (κ1) is 16.9. The minimum Gasteiger partial charge on any atom is -0.447 e. The summed E-state index contributed by atoms with van der Waals surface area (Å²) < 4.78 is 31.1. The van der Waals surface area contributed by atoms with Gasteiger partial charge in [-0.25, -0.2) is 8.42 Å². The lowest BCUT2D eigenvalue weighted by Gasteiger charge is -2.17. The normalized spacial score (nSPS) is 12.2. The van der Waals surface area contributed by atoms with Gasteiger partial charge in [-0.2, -0.15) is 4.31 Å². The summed E-state index contributed by atoms with van der Waals surface area (Å²) in [5, 5.41) is 12.0. The minimum absolute atomic E-state index is 0.00856. The lowest BCUT2D eigenvalue weighted by Crippen LogP contribution is -2.33. The molecule has 0 amide bonds. The maximum absolute atomic E-state index is 12.3. The molecule has 0 saturated carbocycles. The third kappa shape index (κ3) is 4.45. The van der Waals surface area contributed by atoms with E-state index in [0.717, 1.165) is 4.31 Å². The number of sulfonamides is 1. The van der Waals surface area contributed by atoms with Gasteiger partial charge >= 0.3 is 0 Å². The molecule has 114 valence electrons. The molecule has 2 N–H and O–H groups in total. The molecule has 0 radical (unpaired) electrons. The molecule has 0 aliphatic heterocycles. The van der Waals surface area contributed by atoms with Crippen LogP contribution in [0.5, 0.6) is 0 Å². The largest absolute Gasteiger partial charge is 0.447 e. The molecular formula is C13H22N2O4S. The van der Waals surface area contributed by atoms with Crippen LogP contribution in [-0.2, 0) is 16.6 Å². The topological polar surface area (TPSA) is 82.8 Å². The molecule has 1 aromatic heterocycles. The summed E-state index contributed by atoms with van der Waals surface area (Å²) in [6.45, 7) is 7.85. The molecule has 0 aliphatic rings. The van der Waals surface area contributed by atoms with Crippen molar-refractivity contribution < 1.29 is 17.9 Å². The molecule has 0 aromatic carbocycles. The summed E-state index contributed by atoms with van der Waals surface area (Å²) in [5.41, 5.74) is 0. The number of hydrogen-bond donors (Lipinski definition) is 2. The van der Waals surface area contributed by atoms with E-state index in [4.69, 9.17) is 9.52 Å². The summed E-state index contributed by atoms with van der Waals surface area (Å²) in [6.07, 6.45) is 1.47. The number of rotatable bonds is 9. The van der Waals surface area contributed by atoms with E-state index in [1.54, 1.807) is 6.07 Å². The summed E-state index contributed by atoms with van der Waals surface area (Å²) in [4.78, 5) is 0. The van der Waals surface area contributed by atoms with E-state index < -0.39 is 10.0 Å². The fourth-order valence-electron chi connectivity index (χ4n) is 1.59. The van der Waals surface area contributed by atoms with Crippen LogP contribution in [0.15, 0.2) is 34.3 Å². The van der Waals surface area contributed by atoms with Crippen LogP contribution in [0, 0.1) is 0 Å². The highest BCUT2D eigenvalue weighted by Gasteiger charge is 2.26. The number of aliphatic hydroxyl groups is 1. The number of nitrogens with one attached hydrogen (secondary N) is 1. The van der Waals surface area contributed by atoms with Gasteiger partial charge in [0.2, 0.25) is 5.09 Å². The number of aliphatic hydroxyl groups excluding tert-OH is 1. The molecule has 0 unspecified atom stereocenters. The quantitative estimate of drug-likeness (QED) is 0.664. The second-order valence-electron chi connectivity index (χ2n) is 4.63. The van der Waals surface area contributed by atoms with E-state index in [-0.39, 0.29) is 30.8 Å². The van der Waals surface area contributed by atoms with Crippen molar-refractivity contribution in [2.75, 3.05) is 19.7 Å². The van der Waals surface area contributed by atoms with Crippen molar-refractivity contribution in [2.45, 2.75) is 31.5 Å². The highest BCUT2D eigenvalue weighted by molar-refractivity contribution is 7.89. The first-order valence-corrected chi connectivity index (χ1v) is 7.89. The molecule has 6 nitrogen and oxygen atoms in total. The van der Waals surface area contributed by atoms with Crippen LogP contribution in [0.2, 0.25) is 0 Å². The Labute approximate surface area is 120 Å². The first-order chi connectivity index (χ1) is 9.41. The predicted molar refractivity (Wildman–Crippen MR) is 76.7 cm³/mol. The molecule has 1 heterocycles. The van der Waals surface area contributed by atoms with Crippen molar-refractivity contribution in [1.82, 2.24) is 9.62 Å². The van der Waals surface area contributed by atoms with Crippen molar-refractivity contribution in [3.8, 4) is 0 Å². The van der Waals surface area contributed by atoms with Crippen molar-refractivity contribution in [2.24, 2.45) is 0 Å². The molecule has 7 heteroatoms. The van der Waals surface area contributed by atoms with Crippen LogP contribution >= 0.6 is 0 Å². The summed E-state index contributed by atoms with van der Waals surface area (Å²) in [7, 11) is -3.74. The summed E-state index contributed by atoms with van der Waals surface area (Å²) in [6, 6.07) is 3.35. The lowest BCUT2D eigenvalue weighted by atomic mass is 10.3. The Morgan fingerprint density at radius 1 is 1.50 bits per heavy atom. The Morgan fingerprint density at radius 2 is 2.20 bits per heavy atom. The highest BCUT2D eigenvalue weighted by Crippen LogP contribution is 2.18. The molecule has 0 fully saturated rings. The number of nitrogens with zero attached hydrogens (tertiary/aromatic N) is 1. The van der Waals surface area contributed by atoms with Gasteiger partial charge in [0.1, 0.15) is 5.76 Å². The molecule has 1 aromatic rings. The van der Waals surface area contributed by atoms with Gasteiger partial charge in [0.15, 0.2) is 0 Å². The maximum atomic E-state index is 12.3. The van der Waals surface area contributed by atoms with Crippen molar-refractivity contribution in [1.29, 1.82) is 0 Å². The molecular weight excluding hydrogens is 280 g/mol.